The zero-order valence-electron chi connectivity index (χ0n) is 18.5. The predicted octanol–water partition coefficient (Wildman–Crippen LogP) is 8.00. The van der Waals surface area contributed by atoms with Crippen molar-refractivity contribution >= 4 is 5.97 Å². The van der Waals surface area contributed by atoms with Crippen molar-refractivity contribution in [2.24, 2.45) is 5.41 Å². The normalized spacial score (nSPS) is 11.2. The number of hydrogen-bond donors (Lipinski definition) is 1. The Balaban J connectivity index is 0. The SMILES string of the molecule is CCCCCCCCCCCCCCCCCCC(C)(C)C(=O)OC.N. The Hall–Kier alpha value is -0.570. The number of ether oxygens (including phenoxy) is 1. The molecular formula is C23H49NO2. The van der Waals surface area contributed by atoms with Crippen molar-refractivity contribution < 1.29 is 9.53 Å². The van der Waals surface area contributed by atoms with E-state index in [2.05, 4.69) is 6.92 Å². The van der Waals surface area contributed by atoms with Crippen LogP contribution in [0.3, 0.4) is 0 Å². The fraction of sp³-hybridized carbons (Fsp3) is 0.957. The molecule has 0 saturated heterocycles. The lowest BCUT2D eigenvalue weighted by atomic mass is 9.87. The summed E-state index contributed by atoms with van der Waals surface area (Å²) < 4.78 is 4.86. The van der Waals surface area contributed by atoms with Crippen LogP contribution in [0.4, 0.5) is 0 Å². The summed E-state index contributed by atoms with van der Waals surface area (Å²) >= 11 is 0. The van der Waals surface area contributed by atoms with Gasteiger partial charge in [-0.15, -0.1) is 0 Å². The van der Waals surface area contributed by atoms with Crippen LogP contribution >= 0.6 is 0 Å². The molecule has 0 amide bonds. The van der Waals surface area contributed by atoms with Gasteiger partial charge in [-0.1, -0.05) is 110 Å². The molecule has 26 heavy (non-hydrogen) atoms. The third-order valence-corrected chi connectivity index (χ3v) is 5.39. The number of unbranched alkanes of at least 4 members (excludes halogenated alkanes) is 15. The third kappa shape index (κ3) is 16.9. The molecule has 0 spiro atoms. The van der Waals surface area contributed by atoms with Gasteiger partial charge in [0, 0.05) is 0 Å². The second kappa shape index (κ2) is 19.2. The molecule has 0 aliphatic rings. The number of hydrogen-bond acceptors (Lipinski definition) is 3. The lowest BCUT2D eigenvalue weighted by Crippen LogP contribution is -2.25. The molecule has 0 aromatic rings. The second-order valence-electron chi connectivity index (χ2n) is 8.43. The van der Waals surface area contributed by atoms with Gasteiger partial charge < -0.3 is 10.9 Å². The van der Waals surface area contributed by atoms with Crippen LogP contribution in [-0.4, -0.2) is 13.1 Å². The van der Waals surface area contributed by atoms with Gasteiger partial charge in [-0.05, 0) is 20.3 Å². The number of methoxy groups -OCH3 is 1. The van der Waals surface area contributed by atoms with Gasteiger partial charge in [-0.3, -0.25) is 4.79 Å². The zero-order chi connectivity index (χ0) is 18.8. The fourth-order valence-electron chi connectivity index (χ4n) is 3.49. The van der Waals surface area contributed by atoms with E-state index in [0.29, 0.717) is 0 Å². The summed E-state index contributed by atoms with van der Waals surface area (Å²) in [6.45, 7) is 6.26. The van der Waals surface area contributed by atoms with Crippen molar-refractivity contribution in [3.8, 4) is 0 Å². The Morgan fingerprint density at radius 1 is 0.654 bits per heavy atom. The Morgan fingerprint density at radius 2 is 0.962 bits per heavy atom. The van der Waals surface area contributed by atoms with E-state index in [1.807, 2.05) is 13.8 Å². The van der Waals surface area contributed by atoms with Gasteiger partial charge in [-0.25, -0.2) is 0 Å². The van der Waals surface area contributed by atoms with Crippen LogP contribution in [0.25, 0.3) is 0 Å². The number of carbonyl (C=O) groups excluding carboxylic acids is 1. The van der Waals surface area contributed by atoms with E-state index < -0.39 is 0 Å². The molecule has 0 aromatic heterocycles. The molecular weight excluding hydrogens is 322 g/mol. The van der Waals surface area contributed by atoms with Gasteiger partial charge in [0.2, 0.25) is 0 Å². The quantitative estimate of drug-likeness (QED) is 0.196. The van der Waals surface area contributed by atoms with Crippen LogP contribution in [-0.2, 0) is 9.53 Å². The fourth-order valence-corrected chi connectivity index (χ4v) is 3.49. The summed E-state index contributed by atoms with van der Waals surface area (Å²) in [4.78, 5) is 11.6. The minimum atomic E-state index is -0.315. The molecule has 3 nitrogen and oxygen atoms in total. The molecule has 0 aromatic carbocycles. The van der Waals surface area contributed by atoms with E-state index in [9.17, 15) is 4.79 Å². The summed E-state index contributed by atoms with van der Waals surface area (Å²) in [5.41, 5.74) is -0.315. The summed E-state index contributed by atoms with van der Waals surface area (Å²) in [6, 6.07) is 0. The molecule has 0 saturated carbocycles. The maximum atomic E-state index is 11.6. The standard InChI is InChI=1S/C23H46O2.H3N/c1-5-6-7-8-9-10-11-12-13-14-15-16-17-18-19-20-21-23(2,3)22(24)25-4;/h5-21H2,1-4H3;1H3. The molecule has 0 radical (unpaired) electrons. The van der Waals surface area contributed by atoms with Crippen LogP contribution in [0.1, 0.15) is 130 Å². The molecule has 0 fully saturated rings. The maximum absolute atomic E-state index is 11.6. The lowest BCUT2D eigenvalue weighted by Gasteiger charge is -2.20. The smallest absolute Gasteiger partial charge is 0.311 e. The van der Waals surface area contributed by atoms with Crippen molar-refractivity contribution in [1.29, 1.82) is 0 Å². The molecule has 3 heteroatoms. The Labute approximate surface area is 164 Å². The lowest BCUT2D eigenvalue weighted by molar-refractivity contribution is -0.151. The average molecular weight is 372 g/mol. The highest BCUT2D eigenvalue weighted by molar-refractivity contribution is 5.75. The van der Waals surface area contributed by atoms with Crippen LogP contribution in [0.15, 0.2) is 0 Å². The number of rotatable bonds is 18. The van der Waals surface area contributed by atoms with E-state index in [1.165, 1.54) is 103 Å². The first-order valence-electron chi connectivity index (χ1n) is 11.1. The Morgan fingerprint density at radius 3 is 1.27 bits per heavy atom. The highest BCUT2D eigenvalue weighted by Crippen LogP contribution is 2.25. The molecule has 0 bridgehead atoms. The van der Waals surface area contributed by atoms with Crippen LogP contribution in [0, 0.1) is 5.41 Å². The largest absolute Gasteiger partial charge is 0.469 e. The molecule has 0 rings (SSSR count). The zero-order valence-corrected chi connectivity index (χ0v) is 18.5. The third-order valence-electron chi connectivity index (χ3n) is 5.39. The van der Waals surface area contributed by atoms with Gasteiger partial charge in [-0.2, -0.15) is 0 Å². The molecule has 0 unspecified atom stereocenters. The van der Waals surface area contributed by atoms with E-state index in [1.54, 1.807) is 0 Å². The molecule has 158 valence electrons. The monoisotopic (exact) mass is 371 g/mol. The minimum Gasteiger partial charge on any atom is -0.469 e. The first-order valence-corrected chi connectivity index (χ1v) is 11.1. The van der Waals surface area contributed by atoms with Crippen molar-refractivity contribution in [2.75, 3.05) is 7.11 Å². The van der Waals surface area contributed by atoms with Crippen LogP contribution in [0.5, 0.6) is 0 Å². The summed E-state index contributed by atoms with van der Waals surface area (Å²) in [5, 5.41) is 0. The van der Waals surface area contributed by atoms with E-state index in [4.69, 9.17) is 4.74 Å². The second-order valence-corrected chi connectivity index (χ2v) is 8.43. The van der Waals surface area contributed by atoms with Gasteiger partial charge >= 0.3 is 5.97 Å². The first-order chi connectivity index (χ1) is 12.0. The number of esters is 1. The van der Waals surface area contributed by atoms with Crippen molar-refractivity contribution in [3.63, 3.8) is 0 Å². The topological polar surface area (TPSA) is 61.3 Å². The maximum Gasteiger partial charge on any atom is 0.311 e. The van der Waals surface area contributed by atoms with Gasteiger partial charge in [0.25, 0.3) is 0 Å². The van der Waals surface area contributed by atoms with Crippen LogP contribution in [0.2, 0.25) is 0 Å². The Kier molecular flexibility index (Phi) is 20.4. The van der Waals surface area contributed by atoms with E-state index >= 15 is 0 Å². The van der Waals surface area contributed by atoms with Gasteiger partial charge in [0.1, 0.15) is 0 Å². The molecule has 0 aliphatic carbocycles. The molecule has 3 N–H and O–H groups in total. The summed E-state index contributed by atoms with van der Waals surface area (Å²) in [6.07, 6.45) is 23.1. The van der Waals surface area contributed by atoms with Crippen molar-refractivity contribution in [3.05, 3.63) is 0 Å². The summed E-state index contributed by atoms with van der Waals surface area (Å²) in [7, 11) is 1.48. The number of carbonyl (C=O) groups is 1. The van der Waals surface area contributed by atoms with Gasteiger partial charge in [0.15, 0.2) is 0 Å². The molecule has 0 atom stereocenters. The predicted molar refractivity (Wildman–Crippen MR) is 115 cm³/mol. The highest BCUT2D eigenvalue weighted by atomic mass is 16.5. The van der Waals surface area contributed by atoms with Crippen molar-refractivity contribution in [1.82, 2.24) is 6.15 Å². The van der Waals surface area contributed by atoms with Crippen molar-refractivity contribution in [2.45, 2.75) is 130 Å². The van der Waals surface area contributed by atoms with Gasteiger partial charge in [0.05, 0.1) is 12.5 Å². The first kappa shape index (κ1) is 27.6. The highest BCUT2D eigenvalue weighted by Gasteiger charge is 2.27. The van der Waals surface area contributed by atoms with E-state index in [0.717, 1.165) is 12.8 Å². The van der Waals surface area contributed by atoms with E-state index in [-0.39, 0.29) is 17.5 Å². The molecule has 0 aliphatic heterocycles. The Bertz CT molecular complexity index is 303. The summed E-state index contributed by atoms with van der Waals surface area (Å²) in [5.74, 6) is -0.0755. The van der Waals surface area contributed by atoms with Crippen LogP contribution < -0.4 is 6.15 Å². The molecule has 0 heterocycles. The average Bonchev–Trinajstić information content (AvgIpc) is 2.60. The minimum absolute atomic E-state index is 0.